The molecule has 0 radical (unpaired) electrons. The molecule has 6 nitrogen and oxygen atoms in total. The summed E-state index contributed by atoms with van der Waals surface area (Å²) < 4.78 is 33.0. The molecule has 1 fully saturated rings. The molecule has 0 spiro atoms. The molecule has 1 aromatic heterocycles. The minimum absolute atomic E-state index is 0.255. The Balaban J connectivity index is 1.61. The average molecular weight is 349 g/mol. The van der Waals surface area contributed by atoms with Gasteiger partial charge in [0, 0.05) is 20.3 Å². The molecule has 0 saturated heterocycles. The quantitative estimate of drug-likeness (QED) is 0.804. The molecule has 2 aromatic rings. The SMILES string of the molecule is CN(C)S(=O)(=O)c1ccc(OCc2ccn(C3CCCC3)n2)cc1. The Kier molecular flexibility index (Phi) is 4.91. The summed E-state index contributed by atoms with van der Waals surface area (Å²) in [5.74, 6) is 0.628. The van der Waals surface area contributed by atoms with Crippen molar-refractivity contribution < 1.29 is 13.2 Å². The molecule has 24 heavy (non-hydrogen) atoms. The van der Waals surface area contributed by atoms with Crippen molar-refractivity contribution in [3.63, 3.8) is 0 Å². The standard InChI is InChI=1S/C17H23N3O3S/c1-19(2)24(21,22)17-9-7-16(8-10-17)23-13-14-11-12-20(18-14)15-5-3-4-6-15/h7-12,15H,3-6,13H2,1-2H3. The van der Waals surface area contributed by atoms with E-state index >= 15 is 0 Å². The molecule has 0 atom stereocenters. The minimum atomic E-state index is -3.40. The zero-order chi connectivity index (χ0) is 17.2. The van der Waals surface area contributed by atoms with Crippen LogP contribution in [-0.4, -0.2) is 36.6 Å². The van der Waals surface area contributed by atoms with E-state index in [1.165, 1.54) is 44.1 Å². The summed E-state index contributed by atoms with van der Waals surface area (Å²) in [7, 11) is -0.376. The van der Waals surface area contributed by atoms with Gasteiger partial charge in [0.2, 0.25) is 10.0 Å². The number of ether oxygens (including phenoxy) is 1. The first kappa shape index (κ1) is 17.0. The molecule has 0 aliphatic heterocycles. The van der Waals surface area contributed by atoms with E-state index in [0.29, 0.717) is 18.4 Å². The Morgan fingerprint density at radius 3 is 2.46 bits per heavy atom. The predicted molar refractivity (Wildman–Crippen MR) is 91.4 cm³/mol. The fourth-order valence-corrected chi connectivity index (χ4v) is 3.80. The van der Waals surface area contributed by atoms with Gasteiger partial charge in [0.15, 0.2) is 0 Å². The lowest BCUT2D eigenvalue weighted by atomic mass is 10.3. The second kappa shape index (κ2) is 6.94. The number of aromatic nitrogens is 2. The van der Waals surface area contributed by atoms with Gasteiger partial charge in [0.05, 0.1) is 16.6 Å². The van der Waals surface area contributed by atoms with E-state index in [1.54, 1.807) is 24.3 Å². The lowest BCUT2D eigenvalue weighted by molar-refractivity contribution is 0.297. The summed E-state index contributed by atoms with van der Waals surface area (Å²) in [5.41, 5.74) is 0.881. The van der Waals surface area contributed by atoms with Gasteiger partial charge in [-0.2, -0.15) is 5.10 Å². The van der Waals surface area contributed by atoms with Gasteiger partial charge in [-0.05, 0) is 43.2 Å². The molecule has 1 aliphatic carbocycles. The highest BCUT2D eigenvalue weighted by atomic mass is 32.2. The van der Waals surface area contributed by atoms with Crippen molar-refractivity contribution in [3.05, 3.63) is 42.2 Å². The molecule has 1 saturated carbocycles. The molecular weight excluding hydrogens is 326 g/mol. The Bertz CT molecular complexity index is 776. The summed E-state index contributed by atoms with van der Waals surface area (Å²) in [4.78, 5) is 0.255. The van der Waals surface area contributed by atoms with Crippen LogP contribution in [0.2, 0.25) is 0 Å². The lowest BCUT2D eigenvalue weighted by Gasteiger charge is -2.12. The molecule has 0 bridgehead atoms. The molecule has 1 aliphatic rings. The summed E-state index contributed by atoms with van der Waals surface area (Å²) in [6.45, 7) is 0.375. The van der Waals surface area contributed by atoms with Crippen LogP contribution in [0.5, 0.6) is 5.75 Å². The van der Waals surface area contributed by atoms with E-state index in [9.17, 15) is 8.42 Å². The van der Waals surface area contributed by atoms with Crippen LogP contribution in [0.1, 0.15) is 37.4 Å². The summed E-state index contributed by atoms with van der Waals surface area (Å²) in [6, 6.07) is 8.95. The van der Waals surface area contributed by atoms with Crippen LogP contribution in [0.15, 0.2) is 41.4 Å². The van der Waals surface area contributed by atoms with Gasteiger partial charge < -0.3 is 4.74 Å². The van der Waals surface area contributed by atoms with Crippen LogP contribution in [-0.2, 0) is 16.6 Å². The molecular formula is C17H23N3O3S. The maximum Gasteiger partial charge on any atom is 0.242 e. The molecule has 7 heteroatoms. The Labute approximate surface area is 143 Å². The number of hydrogen-bond donors (Lipinski definition) is 0. The van der Waals surface area contributed by atoms with Crippen LogP contribution in [0.4, 0.5) is 0 Å². The predicted octanol–water partition coefficient (Wildman–Crippen LogP) is 2.83. The Morgan fingerprint density at radius 2 is 1.83 bits per heavy atom. The third-order valence-corrected chi connectivity index (χ3v) is 6.18. The third kappa shape index (κ3) is 3.62. The third-order valence-electron chi connectivity index (χ3n) is 4.35. The molecule has 1 heterocycles. The first-order valence-corrected chi connectivity index (χ1v) is 9.60. The maximum atomic E-state index is 12.0. The topological polar surface area (TPSA) is 64.4 Å². The largest absolute Gasteiger partial charge is 0.487 e. The van der Waals surface area contributed by atoms with E-state index in [2.05, 4.69) is 5.10 Å². The number of sulfonamides is 1. The fourth-order valence-electron chi connectivity index (χ4n) is 2.90. The van der Waals surface area contributed by atoms with Crippen LogP contribution >= 0.6 is 0 Å². The molecule has 3 rings (SSSR count). The van der Waals surface area contributed by atoms with Crippen molar-refractivity contribution in [3.8, 4) is 5.75 Å². The number of nitrogens with zero attached hydrogens (tertiary/aromatic N) is 3. The van der Waals surface area contributed by atoms with Crippen molar-refractivity contribution in [2.45, 2.75) is 43.2 Å². The Morgan fingerprint density at radius 1 is 1.17 bits per heavy atom. The number of hydrogen-bond acceptors (Lipinski definition) is 4. The normalized spacial score (nSPS) is 16.0. The molecule has 130 valence electrons. The maximum absolute atomic E-state index is 12.0. The molecule has 1 aromatic carbocycles. The molecule has 0 N–H and O–H groups in total. The zero-order valence-corrected chi connectivity index (χ0v) is 14.9. The van der Waals surface area contributed by atoms with Gasteiger partial charge in [-0.15, -0.1) is 0 Å². The highest BCUT2D eigenvalue weighted by Crippen LogP contribution is 2.28. The average Bonchev–Trinajstić information content (AvgIpc) is 3.24. The van der Waals surface area contributed by atoms with Gasteiger partial charge in [0.25, 0.3) is 0 Å². The van der Waals surface area contributed by atoms with Crippen molar-refractivity contribution in [1.82, 2.24) is 14.1 Å². The zero-order valence-electron chi connectivity index (χ0n) is 14.1. The summed E-state index contributed by atoms with van der Waals surface area (Å²) in [5, 5.41) is 4.58. The fraction of sp³-hybridized carbons (Fsp3) is 0.471. The van der Waals surface area contributed by atoms with Gasteiger partial charge in [-0.3, -0.25) is 4.68 Å². The van der Waals surface area contributed by atoms with Crippen LogP contribution in [0.3, 0.4) is 0 Å². The van der Waals surface area contributed by atoms with Gasteiger partial charge >= 0.3 is 0 Å². The lowest BCUT2D eigenvalue weighted by Crippen LogP contribution is -2.22. The number of rotatable bonds is 6. The van der Waals surface area contributed by atoms with Crippen molar-refractivity contribution in [2.24, 2.45) is 0 Å². The van der Waals surface area contributed by atoms with Crippen LogP contribution < -0.4 is 4.74 Å². The van der Waals surface area contributed by atoms with Crippen molar-refractivity contribution >= 4 is 10.0 Å². The second-order valence-electron chi connectivity index (χ2n) is 6.27. The first-order chi connectivity index (χ1) is 11.5. The Hall–Kier alpha value is -1.86. The highest BCUT2D eigenvalue weighted by molar-refractivity contribution is 7.89. The van der Waals surface area contributed by atoms with Gasteiger partial charge in [-0.25, -0.2) is 12.7 Å². The first-order valence-electron chi connectivity index (χ1n) is 8.16. The van der Waals surface area contributed by atoms with E-state index < -0.39 is 10.0 Å². The minimum Gasteiger partial charge on any atom is -0.487 e. The second-order valence-corrected chi connectivity index (χ2v) is 8.42. The monoisotopic (exact) mass is 349 g/mol. The summed E-state index contributed by atoms with van der Waals surface area (Å²) in [6.07, 6.45) is 6.96. The van der Waals surface area contributed by atoms with E-state index in [-0.39, 0.29) is 4.90 Å². The van der Waals surface area contributed by atoms with Crippen LogP contribution in [0.25, 0.3) is 0 Å². The molecule has 0 amide bonds. The van der Waals surface area contributed by atoms with Gasteiger partial charge in [0.1, 0.15) is 12.4 Å². The summed E-state index contributed by atoms with van der Waals surface area (Å²) >= 11 is 0. The highest BCUT2D eigenvalue weighted by Gasteiger charge is 2.18. The van der Waals surface area contributed by atoms with E-state index in [0.717, 1.165) is 5.69 Å². The van der Waals surface area contributed by atoms with Gasteiger partial charge in [-0.1, -0.05) is 12.8 Å². The van der Waals surface area contributed by atoms with Crippen LogP contribution in [0, 0.1) is 0 Å². The molecule has 0 unspecified atom stereocenters. The smallest absolute Gasteiger partial charge is 0.242 e. The van der Waals surface area contributed by atoms with Crippen molar-refractivity contribution in [1.29, 1.82) is 0 Å². The van der Waals surface area contributed by atoms with E-state index in [1.807, 2.05) is 16.9 Å². The number of benzene rings is 1. The van der Waals surface area contributed by atoms with Crippen molar-refractivity contribution in [2.75, 3.05) is 14.1 Å². The van der Waals surface area contributed by atoms with E-state index in [4.69, 9.17) is 4.74 Å².